The molecular formula is C15H21BClN3O3S. The second-order valence-electron chi connectivity index (χ2n) is 6.55. The summed E-state index contributed by atoms with van der Waals surface area (Å²) in [5, 5.41) is 0.241. The largest absolute Gasteiger partial charge is 0.491 e. The molecule has 1 saturated heterocycles. The lowest BCUT2D eigenvalue weighted by molar-refractivity contribution is -0.109. The molecule has 0 radical (unpaired) electrons. The van der Waals surface area contributed by atoms with Crippen LogP contribution in [-0.4, -0.2) is 39.2 Å². The van der Waals surface area contributed by atoms with Crippen LogP contribution in [0.15, 0.2) is 11.7 Å². The minimum absolute atomic E-state index is 0.00238. The van der Waals surface area contributed by atoms with Gasteiger partial charge in [-0.3, -0.25) is 4.79 Å². The van der Waals surface area contributed by atoms with Crippen LogP contribution in [0.2, 0.25) is 5.15 Å². The Morgan fingerprint density at radius 1 is 1.38 bits per heavy atom. The molecule has 0 bridgehead atoms. The van der Waals surface area contributed by atoms with E-state index in [1.165, 1.54) is 24.9 Å². The van der Waals surface area contributed by atoms with Crippen LogP contribution in [0.1, 0.15) is 40.3 Å². The standard InChI is InChI=1S/C15H21BClN3O3S/c1-9(21)24-8-10(6-11-13(18)19-7-12(17)20-11)16-22-14(2,3)15(4,5)23-16/h6-7H,8H2,1-5H3,(H2,18,19). The number of anilines is 1. The summed E-state index contributed by atoms with van der Waals surface area (Å²) in [5.74, 6) is 0.654. The number of hydrogen-bond donors (Lipinski definition) is 1. The molecule has 0 atom stereocenters. The second-order valence-corrected chi connectivity index (χ2v) is 8.09. The van der Waals surface area contributed by atoms with Crippen molar-refractivity contribution in [2.45, 2.75) is 45.8 Å². The SMILES string of the molecule is CC(=O)SCC(=Cc1nc(Cl)cnc1N)B1OC(C)(C)C(C)(C)O1. The van der Waals surface area contributed by atoms with Gasteiger partial charge >= 0.3 is 7.12 Å². The number of thioether (sulfide) groups is 1. The topological polar surface area (TPSA) is 87.3 Å². The molecule has 1 aromatic heterocycles. The minimum Gasteiger partial charge on any atom is -0.400 e. The second kappa shape index (κ2) is 7.03. The van der Waals surface area contributed by atoms with E-state index >= 15 is 0 Å². The van der Waals surface area contributed by atoms with E-state index in [0.29, 0.717) is 11.4 Å². The van der Waals surface area contributed by atoms with E-state index < -0.39 is 18.3 Å². The minimum atomic E-state index is -0.595. The molecule has 1 aliphatic rings. The predicted molar refractivity (Wildman–Crippen MR) is 98.7 cm³/mol. The predicted octanol–water partition coefficient (Wildman–Crippen LogP) is 3.01. The van der Waals surface area contributed by atoms with E-state index in [1.54, 1.807) is 6.08 Å². The Hall–Kier alpha value is -1.09. The molecule has 0 saturated carbocycles. The first-order chi connectivity index (χ1) is 11.0. The monoisotopic (exact) mass is 369 g/mol. The molecule has 24 heavy (non-hydrogen) atoms. The third-order valence-corrected chi connectivity index (χ3v) is 5.19. The Morgan fingerprint density at radius 2 is 1.96 bits per heavy atom. The molecule has 2 rings (SSSR count). The van der Waals surface area contributed by atoms with Gasteiger partial charge in [0.05, 0.1) is 17.4 Å². The van der Waals surface area contributed by atoms with E-state index in [0.717, 1.165) is 5.47 Å². The lowest BCUT2D eigenvalue weighted by Crippen LogP contribution is -2.41. The van der Waals surface area contributed by atoms with Crippen LogP contribution in [0.3, 0.4) is 0 Å². The van der Waals surface area contributed by atoms with Crippen molar-refractivity contribution in [3.05, 3.63) is 22.5 Å². The first-order valence-electron chi connectivity index (χ1n) is 7.49. The van der Waals surface area contributed by atoms with Crippen LogP contribution in [0.4, 0.5) is 5.82 Å². The molecule has 2 heterocycles. The van der Waals surface area contributed by atoms with Crippen LogP contribution < -0.4 is 5.73 Å². The first-order valence-corrected chi connectivity index (χ1v) is 8.86. The van der Waals surface area contributed by atoms with Gasteiger partial charge in [-0.25, -0.2) is 9.97 Å². The highest BCUT2D eigenvalue weighted by molar-refractivity contribution is 8.13. The highest BCUT2D eigenvalue weighted by Crippen LogP contribution is 2.39. The van der Waals surface area contributed by atoms with E-state index in [9.17, 15) is 4.79 Å². The van der Waals surface area contributed by atoms with E-state index in [4.69, 9.17) is 26.6 Å². The Morgan fingerprint density at radius 3 is 2.50 bits per heavy atom. The fourth-order valence-electron chi connectivity index (χ4n) is 2.03. The van der Waals surface area contributed by atoms with Crippen LogP contribution >= 0.6 is 23.4 Å². The number of nitrogen functional groups attached to an aromatic ring is 1. The molecule has 0 spiro atoms. The number of carbonyl (C=O) groups is 1. The molecule has 6 nitrogen and oxygen atoms in total. The number of carbonyl (C=O) groups excluding carboxylic acids is 1. The fourth-order valence-corrected chi connectivity index (χ4v) is 2.76. The van der Waals surface area contributed by atoms with Crippen molar-refractivity contribution in [1.29, 1.82) is 0 Å². The van der Waals surface area contributed by atoms with Crippen molar-refractivity contribution in [2.24, 2.45) is 0 Å². The van der Waals surface area contributed by atoms with Gasteiger partial charge in [0, 0.05) is 12.7 Å². The molecular weight excluding hydrogens is 349 g/mol. The van der Waals surface area contributed by atoms with Crippen molar-refractivity contribution in [1.82, 2.24) is 9.97 Å². The normalized spacial score (nSPS) is 19.6. The van der Waals surface area contributed by atoms with Crippen molar-refractivity contribution in [3.8, 4) is 0 Å². The average Bonchev–Trinajstić information content (AvgIpc) is 2.66. The number of nitrogens with zero attached hydrogens (tertiary/aromatic N) is 2. The molecule has 0 aliphatic carbocycles. The van der Waals surface area contributed by atoms with Gasteiger partial charge in [0.2, 0.25) is 0 Å². The Kier molecular flexibility index (Phi) is 5.64. The summed E-state index contributed by atoms with van der Waals surface area (Å²) in [7, 11) is -0.595. The van der Waals surface area contributed by atoms with Crippen LogP contribution in [-0.2, 0) is 14.1 Å². The van der Waals surface area contributed by atoms with Crippen LogP contribution in [0.25, 0.3) is 6.08 Å². The Bertz CT molecular complexity index is 666. The number of aromatic nitrogens is 2. The van der Waals surface area contributed by atoms with Gasteiger partial charge in [0.1, 0.15) is 16.7 Å². The molecule has 0 amide bonds. The van der Waals surface area contributed by atoms with Crippen molar-refractivity contribution in [3.63, 3.8) is 0 Å². The summed E-state index contributed by atoms with van der Waals surface area (Å²) in [5.41, 5.74) is 6.08. The quantitative estimate of drug-likeness (QED) is 0.816. The molecule has 1 aromatic rings. The molecule has 0 aromatic carbocycles. The number of rotatable bonds is 4. The summed E-state index contributed by atoms with van der Waals surface area (Å²) in [6, 6.07) is 0. The van der Waals surface area contributed by atoms with Crippen LogP contribution in [0, 0.1) is 0 Å². The van der Waals surface area contributed by atoms with Gasteiger partial charge < -0.3 is 15.0 Å². The molecule has 2 N–H and O–H groups in total. The van der Waals surface area contributed by atoms with Gasteiger partial charge in [-0.05, 0) is 39.2 Å². The average molecular weight is 370 g/mol. The van der Waals surface area contributed by atoms with Crippen molar-refractivity contribution >= 4 is 47.5 Å². The Labute approximate surface area is 151 Å². The summed E-state index contributed by atoms with van der Waals surface area (Å²) in [6.45, 7) is 9.39. The third kappa shape index (κ3) is 4.30. The number of nitrogens with two attached hydrogens (primary N) is 1. The summed E-state index contributed by atoms with van der Waals surface area (Å²) in [6.07, 6.45) is 3.11. The first kappa shape index (κ1) is 19.2. The van der Waals surface area contributed by atoms with Gasteiger partial charge in [-0.1, -0.05) is 23.4 Å². The third-order valence-electron chi connectivity index (χ3n) is 4.12. The smallest absolute Gasteiger partial charge is 0.400 e. The zero-order chi connectivity index (χ0) is 18.1. The molecule has 0 unspecified atom stereocenters. The van der Waals surface area contributed by atoms with E-state index in [2.05, 4.69) is 9.97 Å². The maximum absolute atomic E-state index is 11.4. The maximum Gasteiger partial charge on any atom is 0.491 e. The van der Waals surface area contributed by atoms with Gasteiger partial charge in [-0.15, -0.1) is 0 Å². The molecule has 9 heteroatoms. The summed E-state index contributed by atoms with van der Waals surface area (Å²) in [4.78, 5) is 19.5. The highest BCUT2D eigenvalue weighted by atomic mass is 35.5. The van der Waals surface area contributed by atoms with E-state index in [1.807, 2.05) is 27.7 Å². The Balaban J connectivity index is 2.37. The number of hydrogen-bond acceptors (Lipinski definition) is 7. The zero-order valence-electron chi connectivity index (χ0n) is 14.4. The summed E-state index contributed by atoms with van der Waals surface area (Å²) < 4.78 is 12.1. The highest BCUT2D eigenvalue weighted by Gasteiger charge is 2.52. The number of halogens is 1. The van der Waals surface area contributed by atoms with Gasteiger partial charge in [-0.2, -0.15) is 0 Å². The molecule has 1 fully saturated rings. The molecule has 1 aliphatic heterocycles. The molecule has 130 valence electrons. The lowest BCUT2D eigenvalue weighted by atomic mass is 9.78. The van der Waals surface area contributed by atoms with Crippen molar-refractivity contribution in [2.75, 3.05) is 11.5 Å². The fraction of sp³-hybridized carbons (Fsp3) is 0.533. The van der Waals surface area contributed by atoms with Crippen molar-refractivity contribution < 1.29 is 14.1 Å². The van der Waals surface area contributed by atoms with Gasteiger partial charge in [0.15, 0.2) is 5.12 Å². The van der Waals surface area contributed by atoms with Crippen LogP contribution in [0.5, 0.6) is 0 Å². The zero-order valence-corrected chi connectivity index (χ0v) is 16.0. The maximum atomic E-state index is 11.4. The lowest BCUT2D eigenvalue weighted by Gasteiger charge is -2.32. The van der Waals surface area contributed by atoms with Gasteiger partial charge in [0.25, 0.3) is 0 Å². The summed E-state index contributed by atoms with van der Waals surface area (Å²) >= 11 is 7.06. The van der Waals surface area contributed by atoms with E-state index in [-0.39, 0.29) is 16.1 Å².